The molecule has 0 aliphatic rings. The van der Waals surface area contributed by atoms with Crippen molar-refractivity contribution in [3.8, 4) is 0 Å². The van der Waals surface area contributed by atoms with Gasteiger partial charge in [-0.3, -0.25) is 4.99 Å². The van der Waals surface area contributed by atoms with E-state index in [0.717, 1.165) is 31.9 Å². The van der Waals surface area contributed by atoms with Crippen molar-refractivity contribution >= 4 is 40.0 Å². The minimum Gasteiger partial charge on any atom is -0.357 e. The van der Waals surface area contributed by atoms with Crippen LogP contribution in [0.25, 0.3) is 0 Å². The van der Waals surface area contributed by atoms with Crippen LogP contribution in [0.3, 0.4) is 0 Å². The molecule has 0 aromatic carbocycles. The number of hydrogen-bond donors (Lipinski definition) is 2. The Hall–Kier alpha value is -0.0900. The van der Waals surface area contributed by atoms with Crippen LogP contribution in [-0.4, -0.2) is 57.7 Å². The largest absolute Gasteiger partial charge is 0.357 e. The Bertz CT molecular complexity index is 388. The highest BCUT2D eigenvalue weighted by atomic mass is 127. The van der Waals surface area contributed by atoms with Gasteiger partial charge in [-0.15, -0.1) is 24.0 Å². The minimum atomic E-state index is -3.09. The van der Waals surface area contributed by atoms with Crippen LogP contribution in [0.15, 0.2) is 4.99 Å². The lowest BCUT2D eigenvalue weighted by molar-refractivity contribution is 0.427. The van der Waals surface area contributed by atoms with Gasteiger partial charge < -0.3 is 10.6 Å². The predicted molar refractivity (Wildman–Crippen MR) is 106 cm³/mol. The topological polar surface area (TPSA) is 73.8 Å². The number of halogens is 1. The third-order valence-corrected chi connectivity index (χ3v) is 4.45. The first-order valence-corrected chi connectivity index (χ1v) is 9.77. The summed E-state index contributed by atoms with van der Waals surface area (Å²) in [5, 5.41) is 6.49. The van der Waals surface area contributed by atoms with Crippen molar-refractivity contribution in [2.75, 3.05) is 39.0 Å². The third kappa shape index (κ3) is 12.5. The number of nitrogens with zero attached hydrogens (tertiary/aromatic N) is 2. The molecule has 0 aromatic rings. The van der Waals surface area contributed by atoms with Gasteiger partial charge in [0.1, 0.15) is 0 Å². The molecule has 22 heavy (non-hydrogen) atoms. The zero-order valence-corrected chi connectivity index (χ0v) is 17.5. The Labute approximate surface area is 153 Å². The summed E-state index contributed by atoms with van der Waals surface area (Å²) in [5.74, 6) is 0.816. The molecule has 0 saturated carbocycles. The lowest BCUT2D eigenvalue weighted by atomic mass is 10.2. The number of aliphatic imine (C=N–C) groups is 1. The molecule has 0 amide bonds. The van der Waals surface area contributed by atoms with Gasteiger partial charge in [0.05, 0.1) is 6.26 Å². The fraction of sp³-hybridized carbons (Fsp3) is 0.929. The normalized spacial score (nSPS) is 12.1. The SMILES string of the molecule is CCCCCNC(=NCCCN(CC)S(C)(=O)=O)NCC.I. The molecule has 0 saturated heterocycles. The van der Waals surface area contributed by atoms with Crippen molar-refractivity contribution < 1.29 is 8.42 Å². The van der Waals surface area contributed by atoms with Crippen LogP contribution in [0.4, 0.5) is 0 Å². The van der Waals surface area contributed by atoms with E-state index < -0.39 is 10.0 Å². The predicted octanol–water partition coefficient (Wildman–Crippen LogP) is 2.02. The fourth-order valence-corrected chi connectivity index (χ4v) is 2.85. The maximum absolute atomic E-state index is 11.5. The van der Waals surface area contributed by atoms with Gasteiger partial charge in [0.15, 0.2) is 5.96 Å². The Morgan fingerprint density at radius 1 is 1.09 bits per heavy atom. The molecule has 0 unspecified atom stereocenters. The first kappa shape index (κ1) is 24.2. The molecule has 134 valence electrons. The highest BCUT2D eigenvalue weighted by molar-refractivity contribution is 14.0. The van der Waals surface area contributed by atoms with Crippen molar-refractivity contribution in [3.63, 3.8) is 0 Å². The van der Waals surface area contributed by atoms with Gasteiger partial charge in [0.25, 0.3) is 0 Å². The van der Waals surface area contributed by atoms with E-state index in [1.807, 2.05) is 13.8 Å². The minimum absolute atomic E-state index is 0. The molecule has 0 aliphatic heterocycles. The van der Waals surface area contributed by atoms with Gasteiger partial charge in [-0.1, -0.05) is 26.7 Å². The van der Waals surface area contributed by atoms with Crippen molar-refractivity contribution in [2.45, 2.75) is 46.5 Å². The van der Waals surface area contributed by atoms with E-state index in [1.165, 1.54) is 23.4 Å². The Kier molecular flexibility index (Phi) is 15.9. The number of hydrogen-bond acceptors (Lipinski definition) is 3. The molecular weight excluding hydrogens is 415 g/mol. The molecule has 0 spiro atoms. The third-order valence-electron chi connectivity index (χ3n) is 3.07. The Morgan fingerprint density at radius 3 is 2.27 bits per heavy atom. The average molecular weight is 448 g/mol. The molecule has 0 fully saturated rings. The fourth-order valence-electron chi connectivity index (χ4n) is 1.92. The summed E-state index contributed by atoms with van der Waals surface area (Å²) in [5.41, 5.74) is 0. The molecule has 6 nitrogen and oxygen atoms in total. The summed E-state index contributed by atoms with van der Waals surface area (Å²) in [6, 6.07) is 0. The first-order chi connectivity index (χ1) is 9.95. The molecule has 0 heterocycles. The quantitative estimate of drug-likeness (QED) is 0.220. The zero-order chi connectivity index (χ0) is 16.1. The zero-order valence-electron chi connectivity index (χ0n) is 14.4. The van der Waals surface area contributed by atoms with E-state index in [0.29, 0.717) is 19.6 Å². The second-order valence-corrected chi connectivity index (χ2v) is 6.99. The van der Waals surface area contributed by atoms with Gasteiger partial charge in [0.2, 0.25) is 10.0 Å². The molecule has 8 heteroatoms. The first-order valence-electron chi connectivity index (χ1n) is 7.92. The maximum Gasteiger partial charge on any atom is 0.211 e. The lowest BCUT2D eigenvalue weighted by Crippen LogP contribution is -2.38. The van der Waals surface area contributed by atoms with E-state index in [-0.39, 0.29) is 24.0 Å². The Balaban J connectivity index is 0. The van der Waals surface area contributed by atoms with Gasteiger partial charge in [-0.25, -0.2) is 12.7 Å². The van der Waals surface area contributed by atoms with Gasteiger partial charge in [0, 0.05) is 32.7 Å². The number of guanidine groups is 1. The monoisotopic (exact) mass is 448 g/mol. The molecule has 0 bridgehead atoms. The number of unbranched alkanes of at least 4 members (excludes halogenated alkanes) is 2. The molecule has 0 atom stereocenters. The van der Waals surface area contributed by atoms with E-state index >= 15 is 0 Å². The Morgan fingerprint density at radius 2 is 1.77 bits per heavy atom. The van der Waals surface area contributed by atoms with Crippen LogP contribution in [0.2, 0.25) is 0 Å². The smallest absolute Gasteiger partial charge is 0.211 e. The lowest BCUT2D eigenvalue weighted by Gasteiger charge is -2.17. The van der Waals surface area contributed by atoms with Crippen LogP contribution in [-0.2, 0) is 10.0 Å². The van der Waals surface area contributed by atoms with E-state index in [1.54, 1.807) is 0 Å². The summed E-state index contributed by atoms with van der Waals surface area (Å²) in [6.45, 7) is 9.46. The van der Waals surface area contributed by atoms with Gasteiger partial charge in [-0.05, 0) is 19.8 Å². The summed E-state index contributed by atoms with van der Waals surface area (Å²) in [7, 11) is -3.09. The van der Waals surface area contributed by atoms with Crippen LogP contribution < -0.4 is 10.6 Å². The van der Waals surface area contributed by atoms with Gasteiger partial charge >= 0.3 is 0 Å². The second-order valence-electron chi connectivity index (χ2n) is 5.00. The molecule has 0 aliphatic carbocycles. The molecular formula is C14H33IN4O2S. The maximum atomic E-state index is 11.5. The average Bonchev–Trinajstić information content (AvgIpc) is 2.41. The highest BCUT2D eigenvalue weighted by Gasteiger charge is 2.12. The molecule has 2 N–H and O–H groups in total. The van der Waals surface area contributed by atoms with Crippen LogP contribution in [0.5, 0.6) is 0 Å². The number of nitrogens with one attached hydrogen (secondary N) is 2. The molecule has 0 rings (SSSR count). The highest BCUT2D eigenvalue weighted by Crippen LogP contribution is 1.99. The number of rotatable bonds is 11. The summed E-state index contributed by atoms with van der Waals surface area (Å²) in [4.78, 5) is 4.47. The van der Waals surface area contributed by atoms with Crippen LogP contribution in [0.1, 0.15) is 46.5 Å². The van der Waals surface area contributed by atoms with E-state index in [4.69, 9.17) is 0 Å². The van der Waals surface area contributed by atoms with Crippen molar-refractivity contribution in [1.82, 2.24) is 14.9 Å². The van der Waals surface area contributed by atoms with Crippen LogP contribution in [0, 0.1) is 0 Å². The van der Waals surface area contributed by atoms with E-state index in [2.05, 4.69) is 22.5 Å². The van der Waals surface area contributed by atoms with Crippen molar-refractivity contribution in [3.05, 3.63) is 0 Å². The van der Waals surface area contributed by atoms with E-state index in [9.17, 15) is 8.42 Å². The second kappa shape index (κ2) is 14.5. The molecule has 0 radical (unpaired) electrons. The standard InChI is InChI=1S/C14H32N4O2S.HI/c1-5-8-9-11-16-14(15-6-2)17-12-10-13-18(7-3)21(4,19)20;/h5-13H2,1-4H3,(H2,15,16,17);1H. The summed E-state index contributed by atoms with van der Waals surface area (Å²) in [6.07, 6.45) is 5.53. The van der Waals surface area contributed by atoms with Crippen LogP contribution >= 0.6 is 24.0 Å². The van der Waals surface area contributed by atoms with Crippen molar-refractivity contribution in [1.29, 1.82) is 0 Å². The van der Waals surface area contributed by atoms with Gasteiger partial charge in [-0.2, -0.15) is 0 Å². The summed E-state index contributed by atoms with van der Waals surface area (Å²) < 4.78 is 24.4. The molecule has 0 aromatic heterocycles. The number of sulfonamides is 1. The summed E-state index contributed by atoms with van der Waals surface area (Å²) >= 11 is 0. The van der Waals surface area contributed by atoms with Crippen molar-refractivity contribution in [2.24, 2.45) is 4.99 Å².